The fraction of sp³-hybridized carbons (Fsp3) is 0.800. The Bertz CT molecular complexity index is 120. The average molecular weight is 130 g/mol. The summed E-state index contributed by atoms with van der Waals surface area (Å²) in [7, 11) is 0. The Kier molecular flexibility index (Phi) is 1.89. The van der Waals surface area contributed by atoms with Crippen LogP contribution in [-0.4, -0.2) is 17.7 Å². The molecule has 1 aliphatic carbocycles. The van der Waals surface area contributed by atoms with Crippen molar-refractivity contribution < 1.29 is 9.94 Å². The van der Waals surface area contributed by atoms with Crippen molar-refractivity contribution in [1.29, 1.82) is 0 Å². The first-order valence-electron chi connectivity index (χ1n) is 2.90. The van der Waals surface area contributed by atoms with Crippen LogP contribution in [0.2, 0.25) is 0 Å². The third-order valence-electron chi connectivity index (χ3n) is 1.22. The second kappa shape index (κ2) is 2.68. The van der Waals surface area contributed by atoms with E-state index in [-0.39, 0.29) is 0 Å². The Morgan fingerprint density at radius 1 is 1.78 bits per heavy atom. The molecule has 9 heavy (non-hydrogen) atoms. The number of hydrogen-bond donors (Lipinski definition) is 2. The SMILES string of the molecule is NC(=NOCO)C1CC1. The van der Waals surface area contributed by atoms with Crippen LogP contribution in [0, 0.1) is 5.92 Å². The highest BCUT2D eigenvalue weighted by Crippen LogP contribution is 2.28. The minimum absolute atomic E-state index is 0.395. The van der Waals surface area contributed by atoms with E-state index in [1.165, 1.54) is 0 Å². The maximum atomic E-state index is 8.13. The molecule has 0 amide bonds. The summed E-state index contributed by atoms with van der Waals surface area (Å²) in [5.74, 6) is 0.917. The monoisotopic (exact) mass is 130 g/mol. The second-order valence-electron chi connectivity index (χ2n) is 2.05. The number of hydrogen-bond acceptors (Lipinski definition) is 3. The lowest BCUT2D eigenvalue weighted by atomic mass is 10.4. The lowest BCUT2D eigenvalue weighted by Gasteiger charge is -1.94. The maximum Gasteiger partial charge on any atom is 0.214 e. The van der Waals surface area contributed by atoms with Crippen LogP contribution in [0.3, 0.4) is 0 Å². The van der Waals surface area contributed by atoms with Crippen LogP contribution in [0.5, 0.6) is 0 Å². The van der Waals surface area contributed by atoms with Gasteiger partial charge in [0.1, 0.15) is 5.84 Å². The van der Waals surface area contributed by atoms with Gasteiger partial charge in [-0.15, -0.1) is 0 Å². The van der Waals surface area contributed by atoms with Gasteiger partial charge in [-0.25, -0.2) is 0 Å². The minimum Gasteiger partial charge on any atom is -0.384 e. The molecule has 0 spiro atoms. The summed E-state index contributed by atoms with van der Waals surface area (Å²) in [4.78, 5) is 4.32. The van der Waals surface area contributed by atoms with Crippen molar-refractivity contribution >= 4 is 5.84 Å². The third-order valence-corrected chi connectivity index (χ3v) is 1.22. The molecule has 1 fully saturated rings. The maximum absolute atomic E-state index is 8.13. The molecule has 0 unspecified atom stereocenters. The van der Waals surface area contributed by atoms with Gasteiger partial charge in [0, 0.05) is 5.92 Å². The number of nitrogens with zero attached hydrogens (tertiary/aromatic N) is 1. The van der Waals surface area contributed by atoms with E-state index in [4.69, 9.17) is 10.8 Å². The summed E-state index contributed by atoms with van der Waals surface area (Å²) in [5, 5.41) is 11.6. The zero-order chi connectivity index (χ0) is 6.69. The molecule has 0 aromatic rings. The molecule has 0 radical (unpaired) electrons. The topological polar surface area (TPSA) is 67.8 Å². The molecule has 1 rings (SSSR count). The summed E-state index contributed by atoms with van der Waals surface area (Å²) in [6, 6.07) is 0. The van der Waals surface area contributed by atoms with Crippen LogP contribution >= 0.6 is 0 Å². The van der Waals surface area contributed by atoms with Crippen molar-refractivity contribution in [3.8, 4) is 0 Å². The Morgan fingerprint density at radius 2 is 2.44 bits per heavy atom. The zero-order valence-corrected chi connectivity index (χ0v) is 5.08. The summed E-state index contributed by atoms with van der Waals surface area (Å²) < 4.78 is 0. The smallest absolute Gasteiger partial charge is 0.214 e. The molecular formula is C5H10N2O2. The van der Waals surface area contributed by atoms with Crippen molar-refractivity contribution in [2.75, 3.05) is 6.79 Å². The standard InChI is InChI=1S/C5H10N2O2/c6-5(4-1-2-4)7-9-3-8/h4,8H,1-3H2,(H2,6,7). The molecule has 0 bridgehead atoms. The Labute approximate surface area is 53.3 Å². The van der Waals surface area contributed by atoms with Crippen LogP contribution in [-0.2, 0) is 4.84 Å². The van der Waals surface area contributed by atoms with Gasteiger partial charge in [0.05, 0.1) is 0 Å². The number of aliphatic hydroxyl groups is 1. The molecule has 4 heteroatoms. The second-order valence-corrected chi connectivity index (χ2v) is 2.05. The quantitative estimate of drug-likeness (QED) is 0.237. The summed E-state index contributed by atoms with van der Waals surface area (Å²) in [6.45, 7) is -0.395. The number of aliphatic hydroxyl groups excluding tert-OH is 1. The summed E-state index contributed by atoms with van der Waals surface area (Å²) in [5.41, 5.74) is 5.38. The molecule has 1 saturated carbocycles. The summed E-state index contributed by atoms with van der Waals surface area (Å²) in [6.07, 6.45) is 2.20. The van der Waals surface area contributed by atoms with Crippen molar-refractivity contribution in [3.63, 3.8) is 0 Å². The highest BCUT2D eigenvalue weighted by Gasteiger charge is 2.25. The van der Waals surface area contributed by atoms with Gasteiger partial charge in [-0.05, 0) is 12.8 Å². The lowest BCUT2D eigenvalue weighted by Crippen LogP contribution is -2.14. The summed E-state index contributed by atoms with van der Waals surface area (Å²) >= 11 is 0. The molecule has 0 saturated heterocycles. The Hall–Kier alpha value is -0.770. The van der Waals surface area contributed by atoms with E-state index < -0.39 is 6.79 Å². The van der Waals surface area contributed by atoms with Gasteiger partial charge < -0.3 is 15.7 Å². The van der Waals surface area contributed by atoms with Gasteiger partial charge in [0.25, 0.3) is 0 Å². The fourth-order valence-corrected chi connectivity index (χ4v) is 0.557. The van der Waals surface area contributed by atoms with E-state index in [2.05, 4.69) is 9.99 Å². The van der Waals surface area contributed by atoms with Gasteiger partial charge >= 0.3 is 0 Å². The van der Waals surface area contributed by atoms with Crippen molar-refractivity contribution in [1.82, 2.24) is 0 Å². The van der Waals surface area contributed by atoms with Gasteiger partial charge in [-0.3, -0.25) is 0 Å². The van der Waals surface area contributed by atoms with E-state index in [1.54, 1.807) is 0 Å². The fourth-order valence-electron chi connectivity index (χ4n) is 0.557. The van der Waals surface area contributed by atoms with E-state index in [9.17, 15) is 0 Å². The number of nitrogens with two attached hydrogens (primary N) is 1. The Morgan fingerprint density at radius 3 is 2.89 bits per heavy atom. The van der Waals surface area contributed by atoms with Gasteiger partial charge in [0.15, 0.2) is 0 Å². The number of rotatable bonds is 3. The largest absolute Gasteiger partial charge is 0.384 e. The predicted octanol–water partition coefficient (Wildman–Crippen LogP) is -0.365. The van der Waals surface area contributed by atoms with E-state index >= 15 is 0 Å². The van der Waals surface area contributed by atoms with Gasteiger partial charge in [-0.2, -0.15) is 0 Å². The molecule has 0 heterocycles. The molecule has 1 aliphatic rings. The molecule has 0 aromatic heterocycles. The lowest BCUT2D eigenvalue weighted by molar-refractivity contribution is 0.00124. The average Bonchev–Trinajstić information content (AvgIpc) is 2.63. The first-order valence-corrected chi connectivity index (χ1v) is 2.90. The van der Waals surface area contributed by atoms with Gasteiger partial charge in [0.2, 0.25) is 6.79 Å². The van der Waals surface area contributed by atoms with Gasteiger partial charge in [-0.1, -0.05) is 5.16 Å². The molecule has 52 valence electrons. The van der Waals surface area contributed by atoms with E-state index in [0.29, 0.717) is 11.8 Å². The number of amidine groups is 1. The van der Waals surface area contributed by atoms with E-state index in [0.717, 1.165) is 12.8 Å². The molecule has 0 aromatic carbocycles. The first kappa shape index (κ1) is 6.35. The van der Waals surface area contributed by atoms with Crippen molar-refractivity contribution in [2.45, 2.75) is 12.8 Å². The van der Waals surface area contributed by atoms with Crippen LogP contribution in [0.25, 0.3) is 0 Å². The zero-order valence-electron chi connectivity index (χ0n) is 5.08. The molecular weight excluding hydrogens is 120 g/mol. The third kappa shape index (κ3) is 1.89. The van der Waals surface area contributed by atoms with Crippen LogP contribution in [0.15, 0.2) is 5.16 Å². The first-order chi connectivity index (χ1) is 4.34. The van der Waals surface area contributed by atoms with Crippen LogP contribution < -0.4 is 5.73 Å². The minimum atomic E-state index is -0.395. The number of oxime groups is 1. The highest BCUT2D eigenvalue weighted by molar-refractivity contribution is 5.84. The molecule has 4 nitrogen and oxygen atoms in total. The molecule has 0 atom stereocenters. The van der Waals surface area contributed by atoms with E-state index in [1.807, 2.05) is 0 Å². The normalized spacial score (nSPS) is 19.9. The van der Waals surface area contributed by atoms with Crippen molar-refractivity contribution in [3.05, 3.63) is 0 Å². The molecule has 0 aliphatic heterocycles. The Balaban J connectivity index is 2.20. The predicted molar refractivity (Wildman–Crippen MR) is 32.5 cm³/mol. The van der Waals surface area contributed by atoms with Crippen LogP contribution in [0.4, 0.5) is 0 Å². The molecule has 3 N–H and O–H groups in total. The highest BCUT2D eigenvalue weighted by atomic mass is 16.7. The van der Waals surface area contributed by atoms with Crippen LogP contribution in [0.1, 0.15) is 12.8 Å². The van der Waals surface area contributed by atoms with Crippen molar-refractivity contribution in [2.24, 2.45) is 16.8 Å².